The summed E-state index contributed by atoms with van der Waals surface area (Å²) in [7, 11) is 0. The molecule has 4 aliphatic rings. The van der Waals surface area contributed by atoms with E-state index in [1.165, 1.54) is 0 Å². The average Bonchev–Trinajstić information content (AvgIpc) is 3.66. The Bertz CT molecular complexity index is 1430. The summed E-state index contributed by atoms with van der Waals surface area (Å²) in [6.45, 7) is 5.47. The van der Waals surface area contributed by atoms with Gasteiger partial charge >= 0.3 is 0 Å². The van der Waals surface area contributed by atoms with Gasteiger partial charge in [0.15, 0.2) is 12.1 Å². The summed E-state index contributed by atoms with van der Waals surface area (Å²) >= 11 is 3.50. The van der Waals surface area contributed by atoms with E-state index in [4.69, 9.17) is 4.74 Å². The number of benzene rings is 1. The molecule has 2 bridgehead atoms. The van der Waals surface area contributed by atoms with Crippen LogP contribution in [0.1, 0.15) is 49.3 Å². The molecule has 214 valence electrons. The Morgan fingerprint density at radius 3 is 2.80 bits per heavy atom. The summed E-state index contributed by atoms with van der Waals surface area (Å²) in [6, 6.07) is 9.72. The van der Waals surface area contributed by atoms with Crippen LogP contribution in [0.2, 0.25) is 0 Å². The van der Waals surface area contributed by atoms with Crippen LogP contribution < -0.4 is 0 Å². The zero-order valence-corrected chi connectivity index (χ0v) is 24.8. The Hall–Kier alpha value is -2.71. The van der Waals surface area contributed by atoms with Gasteiger partial charge in [-0.3, -0.25) is 14.6 Å². The molecular formula is C34H36BrNO5. The van der Waals surface area contributed by atoms with E-state index in [0.717, 1.165) is 46.0 Å². The Kier molecular flexibility index (Phi) is 7.74. The molecule has 41 heavy (non-hydrogen) atoms. The number of halogens is 1. The Balaban J connectivity index is 1.13. The number of allylic oxidation sites excluding steroid dienone is 3. The molecule has 6 nitrogen and oxygen atoms in total. The molecule has 2 fully saturated rings. The predicted molar refractivity (Wildman–Crippen MR) is 159 cm³/mol. The molecule has 1 heterocycles. The van der Waals surface area contributed by atoms with Crippen molar-refractivity contribution in [3.63, 3.8) is 0 Å². The minimum atomic E-state index is -1.20. The Morgan fingerprint density at radius 1 is 1.24 bits per heavy atom. The minimum absolute atomic E-state index is 0.0948. The second kappa shape index (κ2) is 11.2. The molecule has 4 aliphatic carbocycles. The van der Waals surface area contributed by atoms with Gasteiger partial charge in [-0.1, -0.05) is 46.3 Å². The van der Waals surface area contributed by atoms with Crippen LogP contribution in [0.15, 0.2) is 77.6 Å². The van der Waals surface area contributed by atoms with E-state index < -0.39 is 11.9 Å². The van der Waals surface area contributed by atoms with Crippen molar-refractivity contribution in [3.05, 3.63) is 94.3 Å². The first-order chi connectivity index (χ1) is 19.7. The van der Waals surface area contributed by atoms with Gasteiger partial charge in [0.1, 0.15) is 12.4 Å². The largest absolute Gasteiger partial charge is 0.385 e. The lowest BCUT2D eigenvalue weighted by atomic mass is 9.72. The number of aliphatic hydroxyl groups is 2. The van der Waals surface area contributed by atoms with Crippen molar-refractivity contribution in [1.82, 2.24) is 4.98 Å². The van der Waals surface area contributed by atoms with E-state index in [9.17, 15) is 19.8 Å². The number of pyridine rings is 1. The molecule has 0 spiro atoms. The van der Waals surface area contributed by atoms with E-state index in [1.807, 2.05) is 42.5 Å². The number of hydrogen-bond donors (Lipinski definition) is 2. The molecule has 7 unspecified atom stereocenters. The standard InChI is InChI=1S/C34H36BrNO5/c1-3-20(13-19-5-4-12-36-17-19)32(38)30-22-6-7-23(14-22)31(30)33(39)41-18-29(37)21-8-10-25-26-11-9-24(35)16-28(26)34(2,40)27(25)15-21/h3-5,8-12,16-17,20,22-23,27,30-31,33,39-40H,1,6-7,13-15,18H2,2H3/t20?,22?,23?,27?,30-,31?,33?,34?/m0/s1. The van der Waals surface area contributed by atoms with Gasteiger partial charge in [0, 0.05) is 40.5 Å². The van der Waals surface area contributed by atoms with Crippen LogP contribution in [0.5, 0.6) is 0 Å². The van der Waals surface area contributed by atoms with E-state index >= 15 is 0 Å². The number of fused-ring (bicyclic) bond motifs is 5. The van der Waals surface area contributed by atoms with Crippen LogP contribution in [0.4, 0.5) is 0 Å². The molecule has 0 radical (unpaired) electrons. The van der Waals surface area contributed by atoms with E-state index in [1.54, 1.807) is 25.4 Å². The highest BCUT2D eigenvalue weighted by molar-refractivity contribution is 9.10. The lowest BCUT2D eigenvalue weighted by molar-refractivity contribution is -0.169. The van der Waals surface area contributed by atoms with Gasteiger partial charge in [0.25, 0.3) is 0 Å². The summed E-state index contributed by atoms with van der Waals surface area (Å²) in [5.74, 6) is -0.935. The molecular weight excluding hydrogens is 582 g/mol. The first kappa shape index (κ1) is 28.4. The van der Waals surface area contributed by atoms with Crippen LogP contribution >= 0.6 is 15.9 Å². The number of Topliss-reactive ketones (excluding diaryl/α,β-unsaturated/α-hetero) is 2. The first-order valence-corrected chi connectivity index (χ1v) is 15.3. The molecule has 7 heteroatoms. The quantitative estimate of drug-likeness (QED) is 0.267. The van der Waals surface area contributed by atoms with Crippen molar-refractivity contribution in [3.8, 4) is 0 Å². The normalized spacial score (nSPS) is 31.1. The lowest BCUT2D eigenvalue weighted by Crippen LogP contribution is -2.41. The van der Waals surface area contributed by atoms with Crippen molar-refractivity contribution in [2.24, 2.45) is 35.5 Å². The summed E-state index contributed by atoms with van der Waals surface area (Å²) in [5.41, 5.74) is 3.33. The van der Waals surface area contributed by atoms with E-state index in [0.29, 0.717) is 18.4 Å². The summed E-state index contributed by atoms with van der Waals surface area (Å²) in [4.78, 5) is 31.2. The molecule has 1 aromatic carbocycles. The fourth-order valence-corrected chi connectivity index (χ4v) is 8.28. The predicted octanol–water partition coefficient (Wildman–Crippen LogP) is 5.58. The highest BCUT2D eigenvalue weighted by Gasteiger charge is 2.54. The second-order valence-corrected chi connectivity index (χ2v) is 13.2. The maximum Gasteiger partial charge on any atom is 0.184 e. The van der Waals surface area contributed by atoms with Crippen LogP contribution in [0.25, 0.3) is 5.57 Å². The topological polar surface area (TPSA) is 96.7 Å². The van der Waals surface area contributed by atoms with Crippen molar-refractivity contribution in [1.29, 1.82) is 0 Å². The molecule has 2 saturated carbocycles. The van der Waals surface area contributed by atoms with Crippen molar-refractivity contribution in [2.45, 2.75) is 50.9 Å². The first-order valence-electron chi connectivity index (χ1n) is 14.5. The van der Waals surface area contributed by atoms with Gasteiger partial charge in [0.05, 0.1) is 5.60 Å². The van der Waals surface area contributed by atoms with Gasteiger partial charge < -0.3 is 14.9 Å². The monoisotopic (exact) mass is 617 g/mol. The summed E-state index contributed by atoms with van der Waals surface area (Å²) in [5, 5.41) is 22.6. The number of aliphatic hydroxyl groups excluding tert-OH is 1. The molecule has 6 rings (SSSR count). The van der Waals surface area contributed by atoms with E-state index in [2.05, 4.69) is 27.5 Å². The number of carbonyl (C=O) groups excluding carboxylic acids is 2. The molecule has 0 amide bonds. The maximum absolute atomic E-state index is 13.8. The zero-order valence-electron chi connectivity index (χ0n) is 23.2. The number of ketones is 2. The number of rotatable bonds is 10. The molecule has 1 aromatic heterocycles. The fourth-order valence-electron chi connectivity index (χ4n) is 7.92. The lowest BCUT2D eigenvalue weighted by Gasteiger charge is -2.34. The van der Waals surface area contributed by atoms with Crippen LogP contribution in [-0.2, 0) is 26.3 Å². The second-order valence-electron chi connectivity index (χ2n) is 12.3. The Labute approximate surface area is 249 Å². The van der Waals surface area contributed by atoms with Crippen LogP contribution in [0.3, 0.4) is 0 Å². The maximum atomic E-state index is 13.8. The third-order valence-electron chi connectivity index (χ3n) is 9.99. The van der Waals surface area contributed by atoms with Gasteiger partial charge in [0.2, 0.25) is 0 Å². The Morgan fingerprint density at radius 2 is 2.05 bits per heavy atom. The molecule has 2 aromatic rings. The number of ether oxygens (including phenoxy) is 1. The minimum Gasteiger partial charge on any atom is -0.385 e. The van der Waals surface area contributed by atoms with Crippen molar-refractivity contribution < 1.29 is 24.5 Å². The molecule has 2 N–H and O–H groups in total. The number of aromatic nitrogens is 1. The highest BCUT2D eigenvalue weighted by atomic mass is 79.9. The fraction of sp³-hybridized carbons (Fsp3) is 0.441. The van der Waals surface area contributed by atoms with Crippen LogP contribution in [0, 0.1) is 35.5 Å². The van der Waals surface area contributed by atoms with Gasteiger partial charge in [-0.15, -0.1) is 6.58 Å². The molecule has 8 atom stereocenters. The van der Waals surface area contributed by atoms with Gasteiger partial charge in [-0.05, 0) is 96.9 Å². The summed E-state index contributed by atoms with van der Waals surface area (Å²) in [6.07, 6.45) is 11.5. The smallest absolute Gasteiger partial charge is 0.184 e. The third-order valence-corrected chi connectivity index (χ3v) is 10.5. The van der Waals surface area contributed by atoms with E-state index in [-0.39, 0.29) is 53.7 Å². The molecule has 0 aliphatic heterocycles. The number of nitrogens with zero attached hydrogens (tertiary/aromatic N) is 1. The van der Waals surface area contributed by atoms with Gasteiger partial charge in [-0.25, -0.2) is 0 Å². The number of hydrogen-bond acceptors (Lipinski definition) is 6. The average molecular weight is 619 g/mol. The number of carbonyl (C=O) groups is 2. The third kappa shape index (κ3) is 5.11. The van der Waals surface area contributed by atoms with Crippen molar-refractivity contribution in [2.75, 3.05) is 6.61 Å². The highest BCUT2D eigenvalue weighted by Crippen LogP contribution is 2.55. The SMILES string of the molecule is C=CC(Cc1cccnc1)C(=O)[C@H]1C2CCC(C2)C1C(O)OCC(=O)C1=CC=C2c3ccc(Br)cc3C(C)(O)C2C1. The zero-order chi connectivity index (χ0) is 28.9. The summed E-state index contributed by atoms with van der Waals surface area (Å²) < 4.78 is 6.73. The van der Waals surface area contributed by atoms with Crippen LogP contribution in [-0.4, -0.2) is 39.7 Å². The molecule has 0 saturated heterocycles. The van der Waals surface area contributed by atoms with Gasteiger partial charge in [-0.2, -0.15) is 0 Å². The van der Waals surface area contributed by atoms with Crippen molar-refractivity contribution >= 4 is 33.1 Å².